The molecule has 0 saturated carbocycles. The summed E-state index contributed by atoms with van der Waals surface area (Å²) in [5.41, 5.74) is 5.17. The molecule has 2 aromatic heterocycles. The van der Waals surface area contributed by atoms with E-state index in [2.05, 4.69) is 20.4 Å². The monoisotopic (exact) mass is 384 g/mol. The van der Waals surface area contributed by atoms with Gasteiger partial charge < -0.3 is 15.8 Å². The van der Waals surface area contributed by atoms with E-state index in [0.717, 1.165) is 12.8 Å². The Morgan fingerprint density at radius 1 is 1.22 bits per heavy atom. The van der Waals surface area contributed by atoms with Gasteiger partial charge in [-0.3, -0.25) is 4.68 Å². The molecule has 1 fully saturated rings. The second kappa shape index (κ2) is 6.99. The molecule has 1 saturated heterocycles. The van der Waals surface area contributed by atoms with E-state index in [-0.39, 0.29) is 35.7 Å². The molecular weight excluding hydrogens is 361 g/mol. The van der Waals surface area contributed by atoms with Crippen molar-refractivity contribution < 1.29 is 17.9 Å². The fraction of sp³-hybridized carbons (Fsp3) is 0.588. The molecule has 3 N–H and O–H groups in total. The second-order valence-corrected chi connectivity index (χ2v) is 6.89. The summed E-state index contributed by atoms with van der Waals surface area (Å²) in [5, 5.41) is 6.92. The van der Waals surface area contributed by atoms with Crippen LogP contribution in [0.4, 0.5) is 24.9 Å². The van der Waals surface area contributed by atoms with Crippen LogP contribution in [0.25, 0.3) is 11.3 Å². The molecule has 7 nitrogen and oxygen atoms in total. The maximum Gasteiger partial charge on any atom is 0.422 e. The minimum Gasteiger partial charge on any atom is -0.375 e. The Balaban J connectivity index is 2.10. The van der Waals surface area contributed by atoms with Gasteiger partial charge in [-0.05, 0) is 33.6 Å². The van der Waals surface area contributed by atoms with Gasteiger partial charge in [0.1, 0.15) is 11.4 Å². The molecule has 2 atom stereocenters. The van der Waals surface area contributed by atoms with E-state index in [9.17, 15) is 13.2 Å². The summed E-state index contributed by atoms with van der Waals surface area (Å²) >= 11 is 0. The third-order valence-electron chi connectivity index (χ3n) is 4.67. The standard InChI is InChI=1S/C17H23F3N6O/c1-8-5-11(6-9(2)27-8)26-7-12(10(3)25-26)14-13(17(18,19)20)15(22-4)24-16(21)23-14/h7-9,11H,5-6H2,1-4H3,(H3,21,22,23,24). The van der Waals surface area contributed by atoms with Crippen molar-refractivity contribution in [1.29, 1.82) is 0 Å². The van der Waals surface area contributed by atoms with Gasteiger partial charge >= 0.3 is 6.18 Å². The van der Waals surface area contributed by atoms with Gasteiger partial charge in [-0.1, -0.05) is 0 Å². The molecule has 0 radical (unpaired) electrons. The number of halogens is 3. The number of rotatable bonds is 3. The number of nitrogens with zero attached hydrogens (tertiary/aromatic N) is 4. The highest BCUT2D eigenvalue weighted by atomic mass is 19.4. The zero-order valence-corrected chi connectivity index (χ0v) is 15.6. The van der Waals surface area contributed by atoms with E-state index in [1.165, 1.54) is 7.05 Å². The smallest absolute Gasteiger partial charge is 0.375 e. The van der Waals surface area contributed by atoms with Gasteiger partial charge in [0, 0.05) is 18.8 Å². The van der Waals surface area contributed by atoms with Crippen LogP contribution >= 0.6 is 0 Å². The van der Waals surface area contributed by atoms with Crippen molar-refractivity contribution in [2.45, 2.75) is 58.0 Å². The third-order valence-corrected chi connectivity index (χ3v) is 4.67. The lowest BCUT2D eigenvalue weighted by molar-refractivity contribution is -0.136. The number of aromatic nitrogens is 4. The number of nitrogens with one attached hydrogen (secondary N) is 1. The number of aryl methyl sites for hydroxylation is 1. The van der Waals surface area contributed by atoms with Crippen molar-refractivity contribution in [3.63, 3.8) is 0 Å². The molecule has 0 bridgehead atoms. The summed E-state index contributed by atoms with van der Waals surface area (Å²) in [6.45, 7) is 5.62. The summed E-state index contributed by atoms with van der Waals surface area (Å²) in [6, 6.07) is 0.0495. The normalized spacial score (nSPS) is 23.4. The molecular formula is C17H23F3N6O. The number of hydrogen-bond acceptors (Lipinski definition) is 6. The van der Waals surface area contributed by atoms with Crippen molar-refractivity contribution in [2.24, 2.45) is 0 Å². The molecule has 0 aliphatic carbocycles. The molecule has 2 aromatic rings. The molecule has 10 heteroatoms. The quantitative estimate of drug-likeness (QED) is 0.843. The van der Waals surface area contributed by atoms with Crippen LogP contribution in [0.15, 0.2) is 6.20 Å². The Morgan fingerprint density at radius 2 is 1.85 bits per heavy atom. The molecule has 3 rings (SSSR count). The Morgan fingerprint density at radius 3 is 2.41 bits per heavy atom. The molecule has 148 valence electrons. The summed E-state index contributed by atoms with van der Waals surface area (Å²) in [6.07, 6.45) is -1.43. The predicted octanol–water partition coefficient (Wildman–Crippen LogP) is 3.42. The number of alkyl halides is 3. The van der Waals surface area contributed by atoms with Gasteiger partial charge in [0.2, 0.25) is 5.95 Å². The van der Waals surface area contributed by atoms with Crippen molar-refractivity contribution in [3.8, 4) is 11.3 Å². The van der Waals surface area contributed by atoms with Crippen LogP contribution < -0.4 is 11.1 Å². The summed E-state index contributed by atoms with van der Waals surface area (Å²) in [4.78, 5) is 7.58. The first-order valence-corrected chi connectivity index (χ1v) is 8.74. The Labute approximate surface area is 155 Å². The summed E-state index contributed by atoms with van der Waals surface area (Å²) < 4.78 is 48.6. The minimum absolute atomic E-state index is 0.0495. The molecule has 27 heavy (non-hydrogen) atoms. The average Bonchev–Trinajstić information content (AvgIpc) is 2.93. The minimum atomic E-state index is -4.64. The maximum atomic E-state index is 13.7. The lowest BCUT2D eigenvalue weighted by Crippen LogP contribution is -2.31. The van der Waals surface area contributed by atoms with Crippen molar-refractivity contribution >= 4 is 11.8 Å². The van der Waals surface area contributed by atoms with Crippen LogP contribution in [0.1, 0.15) is 44.0 Å². The van der Waals surface area contributed by atoms with Gasteiger partial charge in [-0.2, -0.15) is 23.3 Å². The number of anilines is 2. The van der Waals surface area contributed by atoms with Crippen LogP contribution in [-0.2, 0) is 10.9 Å². The van der Waals surface area contributed by atoms with Crippen LogP contribution in [0.2, 0.25) is 0 Å². The highest BCUT2D eigenvalue weighted by Crippen LogP contribution is 2.41. The maximum absolute atomic E-state index is 13.7. The second-order valence-electron chi connectivity index (χ2n) is 6.89. The van der Waals surface area contributed by atoms with Gasteiger partial charge in [-0.25, -0.2) is 4.98 Å². The summed E-state index contributed by atoms with van der Waals surface area (Å²) in [5.74, 6) is -0.590. The van der Waals surface area contributed by atoms with E-state index in [4.69, 9.17) is 10.5 Å². The van der Waals surface area contributed by atoms with Crippen LogP contribution in [0.3, 0.4) is 0 Å². The third kappa shape index (κ3) is 3.85. The van der Waals surface area contributed by atoms with Crippen LogP contribution in [-0.4, -0.2) is 39.0 Å². The van der Waals surface area contributed by atoms with E-state index in [1.807, 2.05) is 13.8 Å². The van der Waals surface area contributed by atoms with Crippen LogP contribution in [0, 0.1) is 6.92 Å². The Bertz CT molecular complexity index is 825. The first kappa shape index (κ1) is 19.4. The molecule has 0 aromatic carbocycles. The summed E-state index contributed by atoms with van der Waals surface area (Å²) in [7, 11) is 1.36. The first-order chi connectivity index (χ1) is 12.6. The van der Waals surface area contributed by atoms with E-state index in [1.54, 1.807) is 17.8 Å². The SMILES string of the molecule is CNc1nc(N)nc(-c2cn(C3CC(C)OC(C)C3)nc2C)c1C(F)(F)F. The van der Waals surface area contributed by atoms with Crippen LogP contribution in [0.5, 0.6) is 0 Å². The van der Waals surface area contributed by atoms with Gasteiger partial charge in [-0.15, -0.1) is 0 Å². The fourth-order valence-corrected chi connectivity index (χ4v) is 3.61. The number of ether oxygens (including phenoxy) is 1. The molecule has 2 unspecified atom stereocenters. The fourth-order valence-electron chi connectivity index (χ4n) is 3.61. The molecule has 3 heterocycles. The molecule has 1 aliphatic heterocycles. The van der Waals surface area contributed by atoms with E-state index in [0.29, 0.717) is 11.3 Å². The van der Waals surface area contributed by atoms with Gasteiger partial charge in [0.15, 0.2) is 0 Å². The Hall–Kier alpha value is -2.36. The molecule has 1 aliphatic rings. The van der Waals surface area contributed by atoms with Crippen molar-refractivity contribution in [2.75, 3.05) is 18.1 Å². The zero-order chi connectivity index (χ0) is 19.9. The van der Waals surface area contributed by atoms with E-state index >= 15 is 0 Å². The molecule has 0 spiro atoms. The Kier molecular flexibility index (Phi) is 5.02. The topological polar surface area (TPSA) is 90.9 Å². The number of nitrogen functional groups attached to an aromatic ring is 1. The number of nitrogens with two attached hydrogens (primary N) is 1. The average molecular weight is 384 g/mol. The predicted molar refractivity (Wildman–Crippen MR) is 95.2 cm³/mol. The number of hydrogen-bond donors (Lipinski definition) is 2. The zero-order valence-electron chi connectivity index (χ0n) is 15.6. The van der Waals surface area contributed by atoms with Gasteiger partial charge in [0.05, 0.1) is 29.6 Å². The largest absolute Gasteiger partial charge is 0.422 e. The van der Waals surface area contributed by atoms with Gasteiger partial charge in [0.25, 0.3) is 0 Å². The van der Waals surface area contributed by atoms with Crippen molar-refractivity contribution in [1.82, 2.24) is 19.7 Å². The first-order valence-electron chi connectivity index (χ1n) is 8.74. The van der Waals surface area contributed by atoms with Crippen molar-refractivity contribution in [3.05, 3.63) is 17.5 Å². The van der Waals surface area contributed by atoms with E-state index < -0.39 is 11.7 Å². The lowest BCUT2D eigenvalue weighted by Gasteiger charge is -2.32. The molecule has 0 amide bonds. The highest BCUT2D eigenvalue weighted by molar-refractivity contribution is 5.72. The lowest BCUT2D eigenvalue weighted by atomic mass is 10.00. The highest BCUT2D eigenvalue weighted by Gasteiger charge is 2.40.